The van der Waals surface area contributed by atoms with Crippen molar-refractivity contribution < 1.29 is 17.6 Å². The standard InChI is InChI=1S/C6H5ClF3NO/c7-2-5-11-3-4(12-5)1-6(8,9)10/h3H,1-2H2. The van der Waals surface area contributed by atoms with Gasteiger partial charge in [0.1, 0.15) is 12.2 Å². The molecule has 6 heteroatoms. The highest BCUT2D eigenvalue weighted by atomic mass is 35.5. The molecule has 0 aromatic carbocycles. The van der Waals surface area contributed by atoms with E-state index in [1.165, 1.54) is 0 Å². The lowest BCUT2D eigenvalue weighted by atomic mass is 10.3. The normalized spacial score (nSPS) is 12.0. The number of hydrogen-bond donors (Lipinski definition) is 0. The van der Waals surface area contributed by atoms with Crippen molar-refractivity contribution in [2.75, 3.05) is 0 Å². The summed E-state index contributed by atoms with van der Waals surface area (Å²) in [4.78, 5) is 3.52. The Morgan fingerprint density at radius 3 is 2.58 bits per heavy atom. The van der Waals surface area contributed by atoms with Crippen LogP contribution in [0.25, 0.3) is 0 Å². The topological polar surface area (TPSA) is 26.0 Å². The number of alkyl halides is 4. The first-order valence-electron chi connectivity index (χ1n) is 3.07. The molecule has 68 valence electrons. The molecule has 0 saturated carbocycles. The third kappa shape index (κ3) is 2.73. The highest BCUT2D eigenvalue weighted by Gasteiger charge is 2.29. The van der Waals surface area contributed by atoms with Gasteiger partial charge in [0, 0.05) is 0 Å². The van der Waals surface area contributed by atoms with E-state index in [4.69, 9.17) is 11.6 Å². The SMILES string of the molecule is FC(F)(F)Cc1cnc(CCl)o1. The van der Waals surface area contributed by atoms with Crippen LogP contribution >= 0.6 is 11.6 Å². The van der Waals surface area contributed by atoms with Crippen LogP contribution in [0.2, 0.25) is 0 Å². The lowest BCUT2D eigenvalue weighted by molar-refractivity contribution is -0.130. The third-order valence-electron chi connectivity index (χ3n) is 1.09. The van der Waals surface area contributed by atoms with Gasteiger partial charge in [-0.2, -0.15) is 13.2 Å². The zero-order valence-corrected chi connectivity index (χ0v) is 6.61. The molecule has 0 N–H and O–H groups in total. The number of hydrogen-bond acceptors (Lipinski definition) is 2. The summed E-state index contributed by atoms with van der Waals surface area (Å²) in [5.41, 5.74) is 0. The van der Waals surface area contributed by atoms with Gasteiger partial charge in [-0.1, -0.05) is 0 Å². The Hall–Kier alpha value is -0.710. The van der Waals surface area contributed by atoms with Crippen LogP contribution in [0.1, 0.15) is 11.7 Å². The molecule has 0 unspecified atom stereocenters. The second kappa shape index (κ2) is 3.35. The first-order valence-corrected chi connectivity index (χ1v) is 3.61. The summed E-state index contributed by atoms with van der Waals surface area (Å²) in [5, 5.41) is 0. The summed E-state index contributed by atoms with van der Waals surface area (Å²) in [5.74, 6) is -0.119. The molecule has 1 rings (SSSR count). The van der Waals surface area contributed by atoms with Crippen LogP contribution in [0.15, 0.2) is 10.6 Å². The van der Waals surface area contributed by atoms with Crippen LogP contribution in [0.4, 0.5) is 13.2 Å². The van der Waals surface area contributed by atoms with Crippen LogP contribution in [-0.2, 0) is 12.3 Å². The monoisotopic (exact) mass is 199 g/mol. The Labute approximate surface area is 71.3 Å². The molecule has 0 bridgehead atoms. The van der Waals surface area contributed by atoms with Crippen molar-refractivity contribution in [3.05, 3.63) is 17.8 Å². The molecule has 2 nitrogen and oxygen atoms in total. The fraction of sp³-hybridized carbons (Fsp3) is 0.500. The van der Waals surface area contributed by atoms with Crippen molar-refractivity contribution in [1.29, 1.82) is 0 Å². The van der Waals surface area contributed by atoms with Crippen molar-refractivity contribution in [2.24, 2.45) is 0 Å². The molecule has 0 saturated heterocycles. The Kier molecular flexibility index (Phi) is 2.62. The predicted molar refractivity (Wildman–Crippen MR) is 35.8 cm³/mol. The van der Waals surface area contributed by atoms with E-state index in [0.29, 0.717) is 0 Å². The first kappa shape index (κ1) is 9.38. The average Bonchev–Trinajstić information content (AvgIpc) is 2.32. The third-order valence-corrected chi connectivity index (χ3v) is 1.32. The van der Waals surface area contributed by atoms with Crippen molar-refractivity contribution >= 4 is 11.6 Å². The van der Waals surface area contributed by atoms with Crippen LogP contribution in [0.5, 0.6) is 0 Å². The maximum absolute atomic E-state index is 11.7. The van der Waals surface area contributed by atoms with Gasteiger partial charge in [0.2, 0.25) is 5.89 Å². The molecule has 1 aromatic heterocycles. The minimum Gasteiger partial charge on any atom is -0.444 e. The summed E-state index contributed by atoms with van der Waals surface area (Å²) in [6.07, 6.45) is -4.33. The van der Waals surface area contributed by atoms with Gasteiger partial charge < -0.3 is 4.42 Å². The van der Waals surface area contributed by atoms with Crippen LogP contribution < -0.4 is 0 Å². The number of aromatic nitrogens is 1. The van der Waals surface area contributed by atoms with Gasteiger partial charge in [0.15, 0.2) is 0 Å². The van der Waals surface area contributed by atoms with Gasteiger partial charge in [-0.25, -0.2) is 4.98 Å². The van der Waals surface area contributed by atoms with E-state index in [1.54, 1.807) is 0 Å². The van der Waals surface area contributed by atoms with Crippen LogP contribution in [-0.4, -0.2) is 11.2 Å². The molecule has 0 radical (unpaired) electrons. The Bertz CT molecular complexity index is 258. The number of rotatable bonds is 2. The van der Waals surface area contributed by atoms with E-state index in [2.05, 4.69) is 9.40 Å². The lowest BCUT2D eigenvalue weighted by Gasteiger charge is -2.01. The average molecular weight is 200 g/mol. The zero-order chi connectivity index (χ0) is 9.19. The molecule has 0 fully saturated rings. The second-order valence-corrected chi connectivity index (χ2v) is 2.41. The van der Waals surface area contributed by atoms with Crippen LogP contribution in [0.3, 0.4) is 0 Å². The van der Waals surface area contributed by atoms with Gasteiger partial charge in [-0.05, 0) is 0 Å². The molecule has 1 heterocycles. The van der Waals surface area contributed by atoms with Gasteiger partial charge in [0.05, 0.1) is 12.1 Å². The van der Waals surface area contributed by atoms with Crippen LogP contribution in [0, 0.1) is 0 Å². The summed E-state index contributed by atoms with van der Waals surface area (Å²) >= 11 is 5.27. The molecule has 0 spiro atoms. The maximum Gasteiger partial charge on any atom is 0.396 e. The van der Waals surface area contributed by atoms with Gasteiger partial charge >= 0.3 is 6.18 Å². The van der Waals surface area contributed by atoms with E-state index >= 15 is 0 Å². The summed E-state index contributed by atoms with van der Waals surface area (Å²) in [6, 6.07) is 0. The minimum atomic E-state index is -4.26. The molecule has 0 aliphatic carbocycles. The molecule has 0 amide bonds. The molecular formula is C6H5ClF3NO. The molecule has 0 atom stereocenters. The molecule has 0 aliphatic rings. The minimum absolute atomic E-state index is 0.0160. The van der Waals surface area contributed by atoms with Crippen molar-refractivity contribution in [2.45, 2.75) is 18.5 Å². The van der Waals surface area contributed by atoms with E-state index in [1.807, 2.05) is 0 Å². The number of halogens is 4. The number of oxazole rings is 1. The molecule has 1 aromatic rings. The summed E-state index contributed by atoms with van der Waals surface area (Å²) in [6.45, 7) is 0. The Morgan fingerprint density at radius 1 is 1.50 bits per heavy atom. The molecule has 0 aliphatic heterocycles. The van der Waals surface area contributed by atoms with E-state index in [-0.39, 0.29) is 17.5 Å². The largest absolute Gasteiger partial charge is 0.444 e. The Balaban J connectivity index is 2.64. The highest BCUT2D eigenvalue weighted by Crippen LogP contribution is 2.21. The van der Waals surface area contributed by atoms with Gasteiger partial charge in [-0.15, -0.1) is 11.6 Å². The van der Waals surface area contributed by atoms with Crippen molar-refractivity contribution in [1.82, 2.24) is 4.98 Å². The first-order chi connectivity index (χ1) is 5.51. The van der Waals surface area contributed by atoms with E-state index in [0.717, 1.165) is 6.20 Å². The summed E-state index contributed by atoms with van der Waals surface area (Å²) in [7, 11) is 0. The fourth-order valence-electron chi connectivity index (χ4n) is 0.689. The van der Waals surface area contributed by atoms with Crippen molar-refractivity contribution in [3.63, 3.8) is 0 Å². The van der Waals surface area contributed by atoms with Gasteiger partial charge in [0.25, 0.3) is 0 Å². The second-order valence-electron chi connectivity index (χ2n) is 2.15. The Morgan fingerprint density at radius 2 is 2.17 bits per heavy atom. The predicted octanol–water partition coefficient (Wildman–Crippen LogP) is 2.52. The summed E-state index contributed by atoms with van der Waals surface area (Å²) < 4.78 is 39.8. The quantitative estimate of drug-likeness (QED) is 0.684. The maximum atomic E-state index is 11.7. The van der Waals surface area contributed by atoms with E-state index in [9.17, 15) is 13.2 Å². The lowest BCUT2D eigenvalue weighted by Crippen LogP contribution is -2.10. The van der Waals surface area contributed by atoms with Crippen molar-refractivity contribution in [3.8, 4) is 0 Å². The smallest absolute Gasteiger partial charge is 0.396 e. The number of nitrogens with zero attached hydrogens (tertiary/aromatic N) is 1. The molecule has 12 heavy (non-hydrogen) atoms. The highest BCUT2D eigenvalue weighted by molar-refractivity contribution is 6.16. The van der Waals surface area contributed by atoms with E-state index < -0.39 is 12.6 Å². The molecular weight excluding hydrogens is 195 g/mol. The zero-order valence-electron chi connectivity index (χ0n) is 5.86. The van der Waals surface area contributed by atoms with Gasteiger partial charge in [-0.3, -0.25) is 0 Å². The fourth-order valence-corrected chi connectivity index (χ4v) is 0.813.